The maximum absolute atomic E-state index is 11.8. The zero-order valence-corrected chi connectivity index (χ0v) is 15.7. The molecule has 1 amide bonds. The highest BCUT2D eigenvalue weighted by Crippen LogP contribution is 2.16. The molecule has 0 aliphatic heterocycles. The van der Waals surface area contributed by atoms with Gasteiger partial charge in [0.05, 0.1) is 11.9 Å². The van der Waals surface area contributed by atoms with E-state index in [1.165, 1.54) is 0 Å². The Morgan fingerprint density at radius 2 is 1.64 bits per heavy atom. The summed E-state index contributed by atoms with van der Waals surface area (Å²) >= 11 is 0. The molecule has 4 N–H and O–H groups in total. The monoisotopic (exact) mass is 384 g/mol. The molecule has 0 spiro atoms. The summed E-state index contributed by atoms with van der Waals surface area (Å²) in [5.41, 5.74) is 7.14. The van der Waals surface area contributed by atoms with Crippen molar-refractivity contribution < 1.29 is 4.79 Å². The first kappa shape index (κ1) is 23.2. The predicted octanol–water partition coefficient (Wildman–Crippen LogP) is 4.52. The van der Waals surface area contributed by atoms with Crippen molar-refractivity contribution in [2.75, 3.05) is 17.2 Å². The third-order valence-electron chi connectivity index (χ3n) is 3.45. The van der Waals surface area contributed by atoms with Crippen LogP contribution >= 0.6 is 24.8 Å². The largest absolute Gasteiger partial charge is 0.340 e. The Labute approximate surface area is 161 Å². The number of hydrogen-bond donors (Lipinski definition) is 3. The van der Waals surface area contributed by atoms with E-state index in [0.29, 0.717) is 6.42 Å². The van der Waals surface area contributed by atoms with Gasteiger partial charge in [0, 0.05) is 12.1 Å². The first-order valence-electron chi connectivity index (χ1n) is 8.06. The number of pyridine rings is 1. The van der Waals surface area contributed by atoms with Crippen LogP contribution in [0, 0.1) is 0 Å². The predicted molar refractivity (Wildman–Crippen MR) is 109 cm³/mol. The SMILES string of the molecule is Cl.Cl.NCCCCCCC(=O)Nc1ccc(Nc2ccccc2)nc1. The molecule has 1 aromatic carbocycles. The zero-order valence-electron chi connectivity index (χ0n) is 14.1. The van der Waals surface area contributed by atoms with Crippen LogP contribution in [0.15, 0.2) is 48.7 Å². The average Bonchev–Trinajstić information content (AvgIpc) is 2.57. The van der Waals surface area contributed by atoms with Crippen molar-refractivity contribution >= 4 is 47.9 Å². The first-order chi connectivity index (χ1) is 11.3. The van der Waals surface area contributed by atoms with E-state index >= 15 is 0 Å². The van der Waals surface area contributed by atoms with Crippen LogP contribution in [0.1, 0.15) is 32.1 Å². The van der Waals surface area contributed by atoms with Gasteiger partial charge in [0.25, 0.3) is 0 Å². The first-order valence-corrected chi connectivity index (χ1v) is 8.06. The minimum atomic E-state index is 0. The number of nitrogens with zero attached hydrogens (tertiary/aromatic N) is 1. The van der Waals surface area contributed by atoms with Crippen molar-refractivity contribution in [1.82, 2.24) is 4.98 Å². The molecule has 0 fully saturated rings. The Morgan fingerprint density at radius 3 is 2.28 bits per heavy atom. The highest BCUT2D eigenvalue weighted by molar-refractivity contribution is 5.90. The lowest BCUT2D eigenvalue weighted by Gasteiger charge is -2.08. The van der Waals surface area contributed by atoms with Crippen molar-refractivity contribution in [1.29, 1.82) is 0 Å². The molecule has 138 valence electrons. The van der Waals surface area contributed by atoms with E-state index in [9.17, 15) is 4.79 Å². The molecule has 7 heteroatoms. The molecule has 1 aromatic heterocycles. The number of amides is 1. The van der Waals surface area contributed by atoms with Crippen LogP contribution in [0.4, 0.5) is 17.2 Å². The summed E-state index contributed by atoms with van der Waals surface area (Å²) in [7, 11) is 0. The third kappa shape index (κ3) is 9.29. The molecule has 0 unspecified atom stereocenters. The Kier molecular flexibility index (Phi) is 12.5. The molecule has 1 heterocycles. The number of carbonyl (C=O) groups excluding carboxylic acids is 1. The highest BCUT2D eigenvalue weighted by atomic mass is 35.5. The summed E-state index contributed by atoms with van der Waals surface area (Å²) in [6.45, 7) is 0.723. The Balaban J connectivity index is 0.00000288. The van der Waals surface area contributed by atoms with Crippen LogP contribution in [-0.2, 0) is 4.79 Å². The minimum Gasteiger partial charge on any atom is -0.340 e. The quantitative estimate of drug-likeness (QED) is 0.555. The van der Waals surface area contributed by atoms with Crippen LogP contribution < -0.4 is 16.4 Å². The molecular formula is C18H26Cl2N4O. The number of hydrogen-bond acceptors (Lipinski definition) is 4. The molecule has 0 saturated carbocycles. The van der Waals surface area contributed by atoms with Gasteiger partial charge in [-0.15, -0.1) is 24.8 Å². The molecule has 0 atom stereocenters. The second-order valence-corrected chi connectivity index (χ2v) is 5.42. The Hall–Kier alpha value is -1.82. The molecule has 2 rings (SSSR count). The van der Waals surface area contributed by atoms with Crippen LogP contribution in [0.3, 0.4) is 0 Å². The second kappa shape index (κ2) is 13.5. The highest BCUT2D eigenvalue weighted by Gasteiger charge is 2.03. The minimum absolute atomic E-state index is 0. The number of halogens is 2. The lowest BCUT2D eigenvalue weighted by atomic mass is 10.1. The summed E-state index contributed by atoms with van der Waals surface area (Å²) in [5.74, 6) is 0.777. The fourth-order valence-corrected chi connectivity index (χ4v) is 2.22. The van der Waals surface area contributed by atoms with E-state index in [1.807, 2.05) is 42.5 Å². The number of benzene rings is 1. The number of carbonyl (C=O) groups is 1. The average molecular weight is 385 g/mol. The third-order valence-corrected chi connectivity index (χ3v) is 3.45. The number of anilines is 3. The number of unbranched alkanes of at least 4 members (excludes halogenated alkanes) is 3. The second-order valence-electron chi connectivity index (χ2n) is 5.42. The van der Waals surface area contributed by atoms with E-state index in [2.05, 4.69) is 15.6 Å². The standard InChI is InChI=1S/C18H24N4O.2ClH/c19-13-7-2-1-6-10-18(23)22-16-11-12-17(20-14-16)21-15-8-4-3-5-9-15;;/h3-5,8-9,11-12,14H,1-2,6-7,10,13,19H2,(H,20,21)(H,22,23);2*1H. The van der Waals surface area contributed by atoms with Crippen molar-refractivity contribution in [3.8, 4) is 0 Å². The lowest BCUT2D eigenvalue weighted by Crippen LogP contribution is -2.11. The number of para-hydroxylation sites is 1. The van der Waals surface area contributed by atoms with Gasteiger partial charge >= 0.3 is 0 Å². The maximum Gasteiger partial charge on any atom is 0.224 e. The molecule has 0 saturated heterocycles. The van der Waals surface area contributed by atoms with Crippen molar-refractivity contribution in [3.63, 3.8) is 0 Å². The summed E-state index contributed by atoms with van der Waals surface area (Å²) in [6.07, 6.45) is 6.26. The lowest BCUT2D eigenvalue weighted by molar-refractivity contribution is -0.116. The molecular weight excluding hydrogens is 359 g/mol. The molecule has 0 aliphatic rings. The number of rotatable bonds is 9. The Morgan fingerprint density at radius 1 is 0.920 bits per heavy atom. The summed E-state index contributed by atoms with van der Waals surface area (Å²) in [4.78, 5) is 16.1. The van der Waals surface area contributed by atoms with E-state index in [4.69, 9.17) is 5.73 Å². The topological polar surface area (TPSA) is 80.0 Å². The molecule has 5 nitrogen and oxygen atoms in total. The molecule has 0 radical (unpaired) electrons. The molecule has 0 bridgehead atoms. The van der Waals surface area contributed by atoms with E-state index in [-0.39, 0.29) is 30.7 Å². The van der Waals surface area contributed by atoms with Crippen LogP contribution in [-0.4, -0.2) is 17.4 Å². The number of aromatic nitrogens is 1. The van der Waals surface area contributed by atoms with Gasteiger partial charge in [-0.1, -0.05) is 31.0 Å². The fourth-order valence-electron chi connectivity index (χ4n) is 2.22. The summed E-state index contributed by atoms with van der Waals surface area (Å²) in [5, 5.41) is 6.07. The van der Waals surface area contributed by atoms with Gasteiger partial charge in [-0.25, -0.2) is 4.98 Å². The molecule has 2 aromatic rings. The van der Waals surface area contributed by atoms with E-state index in [1.54, 1.807) is 6.20 Å². The van der Waals surface area contributed by atoms with Crippen LogP contribution in [0.5, 0.6) is 0 Å². The number of nitrogens with two attached hydrogens (primary N) is 1. The van der Waals surface area contributed by atoms with E-state index < -0.39 is 0 Å². The van der Waals surface area contributed by atoms with Crippen LogP contribution in [0.2, 0.25) is 0 Å². The smallest absolute Gasteiger partial charge is 0.224 e. The molecule has 25 heavy (non-hydrogen) atoms. The van der Waals surface area contributed by atoms with Crippen molar-refractivity contribution in [3.05, 3.63) is 48.7 Å². The fraction of sp³-hybridized carbons (Fsp3) is 0.333. The summed E-state index contributed by atoms with van der Waals surface area (Å²) < 4.78 is 0. The maximum atomic E-state index is 11.8. The molecule has 0 aliphatic carbocycles. The zero-order chi connectivity index (χ0) is 16.3. The van der Waals surface area contributed by atoms with Gasteiger partial charge < -0.3 is 16.4 Å². The van der Waals surface area contributed by atoms with E-state index in [0.717, 1.165) is 49.4 Å². The van der Waals surface area contributed by atoms with Gasteiger partial charge in [0.2, 0.25) is 5.91 Å². The van der Waals surface area contributed by atoms with Gasteiger partial charge in [0.15, 0.2) is 0 Å². The van der Waals surface area contributed by atoms with Crippen LogP contribution in [0.25, 0.3) is 0 Å². The number of nitrogens with one attached hydrogen (secondary N) is 2. The van der Waals surface area contributed by atoms with Crippen molar-refractivity contribution in [2.24, 2.45) is 5.73 Å². The van der Waals surface area contributed by atoms with Gasteiger partial charge in [-0.2, -0.15) is 0 Å². The van der Waals surface area contributed by atoms with Gasteiger partial charge in [0.1, 0.15) is 5.82 Å². The van der Waals surface area contributed by atoms with Gasteiger partial charge in [-0.05, 0) is 43.7 Å². The van der Waals surface area contributed by atoms with Gasteiger partial charge in [-0.3, -0.25) is 4.79 Å². The van der Waals surface area contributed by atoms with Crippen molar-refractivity contribution in [2.45, 2.75) is 32.1 Å². The normalized spacial score (nSPS) is 9.48. The Bertz CT molecular complexity index is 594. The summed E-state index contributed by atoms with van der Waals surface area (Å²) in [6, 6.07) is 13.5.